The van der Waals surface area contributed by atoms with Gasteiger partial charge in [0.05, 0.1) is 6.61 Å². The summed E-state index contributed by atoms with van der Waals surface area (Å²) in [5, 5.41) is 26.8. The SMILES string of the molecule is O=C(O)C(=O)O.OCCNCc1cccnc1Cl. The molecule has 1 aromatic rings. The Hall–Kier alpha value is -1.70. The summed E-state index contributed by atoms with van der Waals surface area (Å²) in [7, 11) is 0. The van der Waals surface area contributed by atoms with Crippen molar-refractivity contribution < 1.29 is 24.9 Å². The van der Waals surface area contributed by atoms with Crippen molar-refractivity contribution in [1.82, 2.24) is 10.3 Å². The smallest absolute Gasteiger partial charge is 0.414 e. The number of nitrogens with zero attached hydrogens (tertiary/aromatic N) is 1. The molecular formula is C10H13ClN2O5. The topological polar surface area (TPSA) is 120 Å². The summed E-state index contributed by atoms with van der Waals surface area (Å²) in [4.78, 5) is 22.1. The van der Waals surface area contributed by atoms with Crippen molar-refractivity contribution in [2.75, 3.05) is 13.2 Å². The molecule has 0 aliphatic heterocycles. The number of aliphatic hydroxyl groups is 1. The van der Waals surface area contributed by atoms with Gasteiger partial charge in [-0.05, 0) is 6.07 Å². The Morgan fingerprint density at radius 3 is 2.39 bits per heavy atom. The second-order valence-corrected chi connectivity index (χ2v) is 3.32. The minimum Gasteiger partial charge on any atom is -0.473 e. The zero-order chi connectivity index (χ0) is 14.0. The molecule has 1 rings (SSSR count). The van der Waals surface area contributed by atoms with E-state index in [0.717, 1.165) is 5.56 Å². The molecular weight excluding hydrogens is 264 g/mol. The van der Waals surface area contributed by atoms with Crippen molar-refractivity contribution in [1.29, 1.82) is 0 Å². The summed E-state index contributed by atoms with van der Waals surface area (Å²) in [6.07, 6.45) is 1.65. The fraction of sp³-hybridized carbons (Fsp3) is 0.300. The summed E-state index contributed by atoms with van der Waals surface area (Å²) in [5.41, 5.74) is 0.951. The number of aliphatic carboxylic acids is 2. The molecule has 0 unspecified atom stereocenters. The molecule has 0 amide bonds. The predicted molar refractivity (Wildman–Crippen MR) is 63.3 cm³/mol. The molecule has 0 aliphatic carbocycles. The minimum atomic E-state index is -1.82. The lowest BCUT2D eigenvalue weighted by Gasteiger charge is -2.03. The first-order chi connectivity index (χ1) is 8.49. The number of carboxylic acid groups (broad SMARTS) is 2. The molecule has 18 heavy (non-hydrogen) atoms. The number of pyridine rings is 1. The van der Waals surface area contributed by atoms with Crippen molar-refractivity contribution in [3.63, 3.8) is 0 Å². The highest BCUT2D eigenvalue weighted by molar-refractivity contribution is 6.30. The Balaban J connectivity index is 0.000000411. The van der Waals surface area contributed by atoms with Crippen molar-refractivity contribution in [2.45, 2.75) is 6.54 Å². The van der Waals surface area contributed by atoms with Crippen LogP contribution in [0.15, 0.2) is 18.3 Å². The average molecular weight is 277 g/mol. The van der Waals surface area contributed by atoms with Crippen LogP contribution in [0, 0.1) is 0 Å². The second-order valence-electron chi connectivity index (χ2n) is 2.96. The summed E-state index contributed by atoms with van der Waals surface area (Å²) in [6.45, 7) is 1.36. The lowest BCUT2D eigenvalue weighted by atomic mass is 10.3. The third-order valence-electron chi connectivity index (χ3n) is 1.62. The average Bonchev–Trinajstić information content (AvgIpc) is 2.32. The van der Waals surface area contributed by atoms with Crippen LogP contribution in [0.3, 0.4) is 0 Å². The second kappa shape index (κ2) is 9.34. The Kier molecular flexibility index (Phi) is 8.46. The Morgan fingerprint density at radius 1 is 1.33 bits per heavy atom. The Labute approximate surface area is 108 Å². The molecule has 0 aliphatic rings. The fourth-order valence-corrected chi connectivity index (χ4v) is 1.04. The van der Waals surface area contributed by atoms with E-state index in [-0.39, 0.29) is 6.61 Å². The highest BCUT2D eigenvalue weighted by atomic mass is 35.5. The monoisotopic (exact) mass is 276 g/mol. The maximum atomic E-state index is 9.10. The van der Waals surface area contributed by atoms with Crippen LogP contribution in [0.2, 0.25) is 5.15 Å². The Morgan fingerprint density at radius 2 is 1.94 bits per heavy atom. The van der Waals surface area contributed by atoms with E-state index < -0.39 is 11.9 Å². The van der Waals surface area contributed by atoms with Crippen molar-refractivity contribution in [2.24, 2.45) is 0 Å². The zero-order valence-corrected chi connectivity index (χ0v) is 10.1. The van der Waals surface area contributed by atoms with Gasteiger partial charge in [0, 0.05) is 24.8 Å². The number of hydrogen-bond acceptors (Lipinski definition) is 5. The first kappa shape index (κ1) is 16.3. The summed E-state index contributed by atoms with van der Waals surface area (Å²) < 4.78 is 0. The van der Waals surface area contributed by atoms with Gasteiger partial charge in [0.25, 0.3) is 0 Å². The number of rotatable bonds is 4. The molecule has 0 saturated carbocycles. The number of aromatic nitrogens is 1. The molecule has 1 aromatic heterocycles. The van der Waals surface area contributed by atoms with Crippen molar-refractivity contribution in [3.05, 3.63) is 29.0 Å². The molecule has 4 N–H and O–H groups in total. The van der Waals surface area contributed by atoms with E-state index in [2.05, 4.69) is 10.3 Å². The number of aliphatic hydroxyl groups excluding tert-OH is 1. The van der Waals surface area contributed by atoms with Gasteiger partial charge in [0.1, 0.15) is 5.15 Å². The Bertz CT molecular complexity index is 388. The standard InChI is InChI=1S/C8H11ClN2O.C2H2O4/c9-8-7(2-1-3-11-8)6-10-4-5-12;3-1(4)2(5)6/h1-3,10,12H,4-6H2;(H,3,4)(H,5,6). The molecule has 0 saturated heterocycles. The van der Waals surface area contributed by atoms with E-state index in [1.165, 1.54) is 0 Å². The van der Waals surface area contributed by atoms with Crippen LogP contribution in [-0.4, -0.2) is 45.4 Å². The summed E-state index contributed by atoms with van der Waals surface area (Å²) in [5.74, 6) is -3.65. The molecule has 0 aromatic carbocycles. The molecule has 7 nitrogen and oxygen atoms in total. The van der Waals surface area contributed by atoms with E-state index in [1.807, 2.05) is 12.1 Å². The number of hydrogen-bond donors (Lipinski definition) is 4. The minimum absolute atomic E-state index is 0.137. The third kappa shape index (κ3) is 7.55. The highest BCUT2D eigenvalue weighted by Gasteiger charge is 2.04. The zero-order valence-electron chi connectivity index (χ0n) is 9.34. The molecule has 0 bridgehead atoms. The number of carbonyl (C=O) groups is 2. The number of halogens is 1. The van der Waals surface area contributed by atoms with E-state index in [9.17, 15) is 0 Å². The molecule has 0 atom stereocenters. The number of carboxylic acids is 2. The van der Waals surface area contributed by atoms with Gasteiger partial charge in [0.2, 0.25) is 0 Å². The van der Waals surface area contributed by atoms with Gasteiger partial charge in [-0.1, -0.05) is 17.7 Å². The van der Waals surface area contributed by atoms with Gasteiger partial charge in [0.15, 0.2) is 0 Å². The van der Waals surface area contributed by atoms with E-state index in [4.69, 9.17) is 36.5 Å². The van der Waals surface area contributed by atoms with Crippen molar-refractivity contribution in [3.8, 4) is 0 Å². The molecule has 0 fully saturated rings. The van der Waals surface area contributed by atoms with Crippen LogP contribution in [0.25, 0.3) is 0 Å². The maximum Gasteiger partial charge on any atom is 0.414 e. The lowest BCUT2D eigenvalue weighted by molar-refractivity contribution is -0.159. The van der Waals surface area contributed by atoms with Gasteiger partial charge in [-0.25, -0.2) is 14.6 Å². The molecule has 100 valence electrons. The molecule has 1 heterocycles. The van der Waals surface area contributed by atoms with Gasteiger partial charge in [-0.2, -0.15) is 0 Å². The van der Waals surface area contributed by atoms with Gasteiger partial charge in [-0.3, -0.25) is 0 Å². The normalized spacial score (nSPS) is 9.22. The molecule has 0 spiro atoms. The lowest BCUT2D eigenvalue weighted by Crippen LogP contribution is -2.17. The van der Waals surface area contributed by atoms with E-state index in [1.54, 1.807) is 6.20 Å². The van der Waals surface area contributed by atoms with Crippen LogP contribution >= 0.6 is 11.6 Å². The first-order valence-corrected chi connectivity index (χ1v) is 5.24. The first-order valence-electron chi connectivity index (χ1n) is 4.86. The van der Waals surface area contributed by atoms with Gasteiger partial charge >= 0.3 is 11.9 Å². The van der Waals surface area contributed by atoms with Crippen LogP contribution in [0.5, 0.6) is 0 Å². The third-order valence-corrected chi connectivity index (χ3v) is 1.96. The quantitative estimate of drug-likeness (QED) is 0.346. The molecule has 8 heteroatoms. The molecule has 0 radical (unpaired) electrons. The predicted octanol–water partition coefficient (Wildman–Crippen LogP) is -0.0275. The van der Waals surface area contributed by atoms with Gasteiger partial charge in [-0.15, -0.1) is 0 Å². The van der Waals surface area contributed by atoms with Crippen molar-refractivity contribution >= 4 is 23.5 Å². The highest BCUT2D eigenvalue weighted by Crippen LogP contribution is 2.10. The van der Waals surface area contributed by atoms with Gasteiger partial charge < -0.3 is 20.6 Å². The van der Waals surface area contributed by atoms with E-state index in [0.29, 0.717) is 18.2 Å². The number of nitrogens with one attached hydrogen (secondary N) is 1. The fourth-order valence-electron chi connectivity index (χ4n) is 0.853. The summed E-state index contributed by atoms with van der Waals surface area (Å²) >= 11 is 5.79. The van der Waals surface area contributed by atoms with Crippen LogP contribution < -0.4 is 5.32 Å². The largest absolute Gasteiger partial charge is 0.473 e. The van der Waals surface area contributed by atoms with E-state index >= 15 is 0 Å². The van der Waals surface area contributed by atoms with Crippen LogP contribution in [0.1, 0.15) is 5.56 Å². The van der Waals surface area contributed by atoms with Crippen LogP contribution in [0.4, 0.5) is 0 Å². The maximum absolute atomic E-state index is 9.10. The van der Waals surface area contributed by atoms with Crippen LogP contribution in [-0.2, 0) is 16.1 Å². The summed E-state index contributed by atoms with van der Waals surface area (Å²) in [6, 6.07) is 3.74.